The summed E-state index contributed by atoms with van der Waals surface area (Å²) in [6.07, 6.45) is 1.51. The first kappa shape index (κ1) is 12.9. The Bertz CT molecular complexity index is 859. The lowest BCUT2D eigenvalue weighted by Gasteiger charge is -2.07. The van der Waals surface area contributed by atoms with Gasteiger partial charge in [-0.1, -0.05) is 0 Å². The fraction of sp³-hybridized carbons (Fsp3) is 0.0769. The number of halogens is 3. The number of aryl methyl sites for hydroxylation is 1. The predicted octanol–water partition coefficient (Wildman–Crippen LogP) is 3.81. The molecule has 0 spiro atoms. The van der Waals surface area contributed by atoms with Crippen LogP contribution in [0.3, 0.4) is 0 Å². The Balaban J connectivity index is 2.45. The fourth-order valence-electron chi connectivity index (χ4n) is 2.08. The molecule has 3 nitrogen and oxygen atoms in total. The fourth-order valence-corrected chi connectivity index (χ4v) is 2.36. The molecule has 3 aromatic rings. The molecule has 20 heavy (non-hydrogen) atoms. The van der Waals surface area contributed by atoms with Crippen molar-refractivity contribution in [2.24, 2.45) is 0 Å². The van der Waals surface area contributed by atoms with E-state index in [-0.39, 0.29) is 4.77 Å². The van der Waals surface area contributed by atoms with Gasteiger partial charge in [0.15, 0.2) is 22.1 Å². The maximum absolute atomic E-state index is 13.9. The van der Waals surface area contributed by atoms with Crippen LogP contribution in [0, 0.1) is 29.1 Å². The largest absolute Gasteiger partial charge is 0.329 e. The third-order valence-electron chi connectivity index (χ3n) is 2.99. The van der Waals surface area contributed by atoms with Crippen LogP contribution in [0.1, 0.15) is 5.56 Å². The second-order valence-electron chi connectivity index (χ2n) is 4.31. The molecule has 0 aliphatic carbocycles. The Morgan fingerprint density at radius 1 is 1.20 bits per heavy atom. The minimum atomic E-state index is -1.04. The monoisotopic (exact) mass is 295 g/mol. The first-order valence-electron chi connectivity index (χ1n) is 5.70. The number of nitrogens with zero attached hydrogens (tertiary/aromatic N) is 2. The highest BCUT2D eigenvalue weighted by Crippen LogP contribution is 2.25. The molecule has 0 amide bonds. The Morgan fingerprint density at radius 3 is 2.50 bits per heavy atom. The van der Waals surface area contributed by atoms with E-state index in [1.807, 2.05) is 6.92 Å². The average Bonchev–Trinajstić information content (AvgIpc) is 2.67. The van der Waals surface area contributed by atoms with Gasteiger partial charge in [-0.15, -0.1) is 0 Å². The quantitative estimate of drug-likeness (QED) is 0.693. The van der Waals surface area contributed by atoms with Crippen LogP contribution in [0.4, 0.5) is 13.2 Å². The predicted molar refractivity (Wildman–Crippen MR) is 70.9 cm³/mol. The lowest BCUT2D eigenvalue weighted by Crippen LogP contribution is -2.03. The summed E-state index contributed by atoms with van der Waals surface area (Å²) in [5.74, 6) is -3.06. The molecule has 1 aromatic carbocycles. The molecule has 0 saturated heterocycles. The molecule has 0 aliphatic rings. The van der Waals surface area contributed by atoms with Crippen molar-refractivity contribution in [1.29, 1.82) is 0 Å². The second kappa shape index (κ2) is 4.45. The number of H-pyrrole nitrogens is 1. The summed E-state index contributed by atoms with van der Waals surface area (Å²) in [6.45, 7) is 1.82. The lowest BCUT2D eigenvalue weighted by atomic mass is 10.2. The SMILES string of the molecule is Cc1ccnc2c1[nH]c(=S)n2-c1c(F)cc(F)cc1F. The van der Waals surface area contributed by atoms with E-state index in [1.165, 1.54) is 6.20 Å². The molecule has 1 N–H and O–H groups in total. The van der Waals surface area contributed by atoms with Gasteiger partial charge in [-0.2, -0.15) is 0 Å². The van der Waals surface area contributed by atoms with E-state index < -0.39 is 23.1 Å². The van der Waals surface area contributed by atoms with Gasteiger partial charge < -0.3 is 4.98 Å². The Labute approximate surface area is 116 Å². The number of hydrogen-bond donors (Lipinski definition) is 1. The van der Waals surface area contributed by atoms with Crippen LogP contribution >= 0.6 is 12.2 Å². The Morgan fingerprint density at radius 2 is 1.85 bits per heavy atom. The van der Waals surface area contributed by atoms with Crippen LogP contribution in [0.15, 0.2) is 24.4 Å². The second-order valence-corrected chi connectivity index (χ2v) is 4.70. The van der Waals surface area contributed by atoms with E-state index in [0.29, 0.717) is 23.3 Å². The molecule has 0 atom stereocenters. The zero-order valence-corrected chi connectivity index (χ0v) is 11.1. The first-order valence-corrected chi connectivity index (χ1v) is 6.11. The van der Waals surface area contributed by atoms with Crippen molar-refractivity contribution in [3.05, 3.63) is 52.2 Å². The van der Waals surface area contributed by atoms with Crippen molar-refractivity contribution in [2.75, 3.05) is 0 Å². The maximum Gasteiger partial charge on any atom is 0.184 e. The molecule has 0 bridgehead atoms. The zero-order valence-electron chi connectivity index (χ0n) is 10.2. The van der Waals surface area contributed by atoms with E-state index >= 15 is 0 Å². The summed E-state index contributed by atoms with van der Waals surface area (Å²) < 4.78 is 42.0. The molecule has 0 unspecified atom stereocenters. The molecule has 7 heteroatoms. The third kappa shape index (κ3) is 1.82. The van der Waals surface area contributed by atoms with Gasteiger partial charge in [0.25, 0.3) is 0 Å². The standard InChI is InChI=1S/C13H8F3N3S/c1-6-2-3-17-12-10(6)18-13(20)19(12)11-8(15)4-7(14)5-9(11)16/h2-5H,1H3,(H,18,20). The summed E-state index contributed by atoms with van der Waals surface area (Å²) in [5, 5.41) is 0. The number of aromatic amines is 1. The number of imidazole rings is 1. The highest BCUT2D eigenvalue weighted by molar-refractivity contribution is 7.71. The molecular weight excluding hydrogens is 287 g/mol. The van der Waals surface area contributed by atoms with Gasteiger partial charge in [0.2, 0.25) is 0 Å². The van der Waals surface area contributed by atoms with Gasteiger partial charge in [0.05, 0.1) is 5.52 Å². The molecule has 0 fully saturated rings. The smallest absolute Gasteiger partial charge is 0.184 e. The van der Waals surface area contributed by atoms with Crippen LogP contribution in [-0.4, -0.2) is 14.5 Å². The summed E-state index contributed by atoms with van der Waals surface area (Å²) >= 11 is 5.09. The van der Waals surface area contributed by atoms with Crippen molar-refractivity contribution in [2.45, 2.75) is 6.92 Å². The molecule has 0 radical (unpaired) electrons. The normalized spacial score (nSPS) is 11.2. The topological polar surface area (TPSA) is 33.6 Å². The van der Waals surface area contributed by atoms with Crippen molar-refractivity contribution in [1.82, 2.24) is 14.5 Å². The van der Waals surface area contributed by atoms with Crippen LogP contribution in [-0.2, 0) is 0 Å². The van der Waals surface area contributed by atoms with E-state index in [9.17, 15) is 13.2 Å². The molecule has 0 aliphatic heterocycles. The minimum Gasteiger partial charge on any atom is -0.329 e. The maximum atomic E-state index is 13.9. The summed E-state index contributed by atoms with van der Waals surface area (Å²) in [4.78, 5) is 6.93. The molecular formula is C13H8F3N3S. The van der Waals surface area contributed by atoms with Gasteiger partial charge in [0.1, 0.15) is 11.5 Å². The van der Waals surface area contributed by atoms with Gasteiger partial charge in [-0.05, 0) is 30.8 Å². The number of nitrogens with one attached hydrogen (secondary N) is 1. The highest BCUT2D eigenvalue weighted by Gasteiger charge is 2.18. The molecule has 2 heterocycles. The zero-order chi connectivity index (χ0) is 14.4. The van der Waals surface area contributed by atoms with E-state index in [0.717, 1.165) is 10.1 Å². The molecule has 0 saturated carbocycles. The van der Waals surface area contributed by atoms with Crippen LogP contribution in [0.25, 0.3) is 16.9 Å². The van der Waals surface area contributed by atoms with E-state index in [4.69, 9.17) is 12.2 Å². The summed E-state index contributed by atoms with van der Waals surface area (Å²) in [7, 11) is 0. The Hall–Kier alpha value is -2.15. The molecule has 2 aromatic heterocycles. The minimum absolute atomic E-state index is 0.0891. The summed E-state index contributed by atoms with van der Waals surface area (Å²) in [5.41, 5.74) is 1.27. The van der Waals surface area contributed by atoms with Crippen molar-refractivity contribution in [3.8, 4) is 5.69 Å². The van der Waals surface area contributed by atoms with Gasteiger partial charge in [0, 0.05) is 18.3 Å². The Kier molecular flexibility index (Phi) is 2.86. The van der Waals surface area contributed by atoms with Gasteiger partial charge in [-0.25, -0.2) is 18.2 Å². The van der Waals surface area contributed by atoms with Gasteiger partial charge >= 0.3 is 0 Å². The van der Waals surface area contributed by atoms with E-state index in [1.54, 1.807) is 6.07 Å². The van der Waals surface area contributed by atoms with Crippen LogP contribution in [0.5, 0.6) is 0 Å². The highest BCUT2D eigenvalue weighted by atomic mass is 32.1. The number of aromatic nitrogens is 3. The van der Waals surface area contributed by atoms with Crippen molar-refractivity contribution < 1.29 is 13.2 Å². The van der Waals surface area contributed by atoms with Crippen LogP contribution in [0.2, 0.25) is 0 Å². The number of fused-ring (bicyclic) bond motifs is 1. The average molecular weight is 295 g/mol. The number of hydrogen-bond acceptors (Lipinski definition) is 2. The molecule has 3 rings (SSSR count). The van der Waals surface area contributed by atoms with Crippen molar-refractivity contribution >= 4 is 23.4 Å². The molecule has 102 valence electrons. The summed E-state index contributed by atoms with van der Waals surface area (Å²) in [6, 6.07) is 2.96. The first-order chi connectivity index (χ1) is 9.49. The van der Waals surface area contributed by atoms with Gasteiger partial charge in [-0.3, -0.25) is 4.57 Å². The number of rotatable bonds is 1. The van der Waals surface area contributed by atoms with Crippen LogP contribution < -0.4 is 0 Å². The van der Waals surface area contributed by atoms with Crippen molar-refractivity contribution in [3.63, 3.8) is 0 Å². The number of pyridine rings is 1. The van der Waals surface area contributed by atoms with E-state index in [2.05, 4.69) is 9.97 Å². The lowest BCUT2D eigenvalue weighted by molar-refractivity contribution is 0.534. The third-order valence-corrected chi connectivity index (χ3v) is 3.28. The number of benzene rings is 1.